The van der Waals surface area contributed by atoms with E-state index in [0.717, 1.165) is 22.7 Å². The molecule has 0 atom stereocenters. The van der Waals surface area contributed by atoms with Crippen LogP contribution in [0.15, 0.2) is 42.5 Å². The van der Waals surface area contributed by atoms with Gasteiger partial charge in [-0.15, -0.1) is 0 Å². The molecular weight excluding hydrogens is 272 g/mol. The Hall–Kier alpha value is -2.16. The molecule has 1 N–H and O–H groups in total. The summed E-state index contributed by atoms with van der Waals surface area (Å²) in [6, 6.07) is 14.5. The highest BCUT2D eigenvalue weighted by atomic mass is 16.5. The van der Waals surface area contributed by atoms with E-state index in [9.17, 15) is 0 Å². The van der Waals surface area contributed by atoms with E-state index in [1.807, 2.05) is 20.2 Å². The number of benzene rings is 2. The zero-order valence-corrected chi connectivity index (χ0v) is 14.4. The maximum atomic E-state index is 5.90. The van der Waals surface area contributed by atoms with Crippen LogP contribution >= 0.6 is 0 Å². The summed E-state index contributed by atoms with van der Waals surface area (Å²) < 4.78 is 5.90. The average molecular weight is 298 g/mol. The third kappa shape index (κ3) is 4.42. The van der Waals surface area contributed by atoms with Gasteiger partial charge in [-0.2, -0.15) is 0 Å². The fraction of sp³-hybridized carbons (Fsp3) is 0.368. The Bertz CT molecular complexity index is 642. The molecular formula is C19H26N2O. The van der Waals surface area contributed by atoms with Crippen molar-refractivity contribution in [1.29, 1.82) is 0 Å². The molecule has 0 bridgehead atoms. The van der Waals surface area contributed by atoms with Gasteiger partial charge in [-0.05, 0) is 69.7 Å². The molecule has 0 aliphatic rings. The van der Waals surface area contributed by atoms with Crippen molar-refractivity contribution in [3.63, 3.8) is 0 Å². The lowest BCUT2D eigenvalue weighted by molar-refractivity contribution is 0.131. The van der Waals surface area contributed by atoms with Gasteiger partial charge in [0.2, 0.25) is 0 Å². The summed E-state index contributed by atoms with van der Waals surface area (Å²) in [5.74, 6) is 0.901. The van der Waals surface area contributed by atoms with Crippen molar-refractivity contribution in [2.75, 3.05) is 24.3 Å². The highest BCUT2D eigenvalue weighted by Gasteiger charge is 2.12. The Morgan fingerprint density at radius 2 is 1.73 bits per heavy atom. The van der Waals surface area contributed by atoms with Crippen molar-refractivity contribution in [1.82, 2.24) is 0 Å². The minimum atomic E-state index is -0.179. The van der Waals surface area contributed by atoms with Crippen molar-refractivity contribution in [2.45, 2.75) is 33.3 Å². The molecule has 0 aliphatic heterocycles. The first-order valence-electron chi connectivity index (χ1n) is 7.59. The number of anilines is 3. The molecule has 2 aromatic rings. The summed E-state index contributed by atoms with van der Waals surface area (Å²) in [4.78, 5) is 2.10. The lowest BCUT2D eigenvalue weighted by Gasteiger charge is -2.22. The van der Waals surface area contributed by atoms with E-state index >= 15 is 0 Å². The summed E-state index contributed by atoms with van der Waals surface area (Å²) in [5, 5.41) is 3.48. The molecule has 2 aromatic carbocycles. The van der Waals surface area contributed by atoms with Crippen LogP contribution in [-0.4, -0.2) is 19.7 Å². The Labute approximate surface area is 133 Å². The number of hydrogen-bond donors (Lipinski definition) is 1. The minimum Gasteiger partial charge on any atom is -0.488 e. The summed E-state index contributed by atoms with van der Waals surface area (Å²) in [5.41, 5.74) is 4.34. The molecule has 0 amide bonds. The van der Waals surface area contributed by atoms with Gasteiger partial charge >= 0.3 is 0 Å². The molecule has 0 spiro atoms. The summed E-state index contributed by atoms with van der Waals surface area (Å²) >= 11 is 0. The second-order valence-corrected chi connectivity index (χ2v) is 6.76. The van der Waals surface area contributed by atoms with Crippen molar-refractivity contribution >= 4 is 17.1 Å². The van der Waals surface area contributed by atoms with E-state index in [1.54, 1.807) is 0 Å². The van der Waals surface area contributed by atoms with Gasteiger partial charge in [-0.25, -0.2) is 0 Å². The van der Waals surface area contributed by atoms with Crippen molar-refractivity contribution < 1.29 is 4.74 Å². The predicted octanol–water partition coefficient (Wildman–Crippen LogP) is 4.98. The second-order valence-electron chi connectivity index (χ2n) is 6.76. The number of rotatable bonds is 4. The number of aryl methyl sites for hydroxylation is 1. The third-order valence-corrected chi connectivity index (χ3v) is 3.26. The quantitative estimate of drug-likeness (QED) is 0.861. The lowest BCUT2D eigenvalue weighted by atomic mass is 10.1. The highest BCUT2D eigenvalue weighted by molar-refractivity contribution is 5.67. The van der Waals surface area contributed by atoms with E-state index in [-0.39, 0.29) is 5.60 Å². The van der Waals surface area contributed by atoms with Gasteiger partial charge in [-0.3, -0.25) is 0 Å². The largest absolute Gasteiger partial charge is 0.488 e. The van der Waals surface area contributed by atoms with Gasteiger partial charge in [0, 0.05) is 31.2 Å². The Morgan fingerprint density at radius 1 is 1.00 bits per heavy atom. The maximum Gasteiger partial charge on any atom is 0.120 e. The van der Waals surface area contributed by atoms with Crippen molar-refractivity contribution in [2.24, 2.45) is 0 Å². The predicted molar refractivity (Wildman–Crippen MR) is 95.6 cm³/mol. The van der Waals surface area contributed by atoms with E-state index < -0.39 is 0 Å². The van der Waals surface area contributed by atoms with Gasteiger partial charge in [-0.1, -0.05) is 6.07 Å². The van der Waals surface area contributed by atoms with Crippen molar-refractivity contribution in [3.05, 3.63) is 48.0 Å². The third-order valence-electron chi connectivity index (χ3n) is 3.26. The Balaban J connectivity index is 2.18. The molecule has 22 heavy (non-hydrogen) atoms. The van der Waals surface area contributed by atoms with E-state index in [1.165, 1.54) is 5.69 Å². The molecule has 0 unspecified atom stereocenters. The molecule has 3 heteroatoms. The SMILES string of the molecule is Cc1cc(OC(C)(C)C)ccc1Nc1cccc(N(C)C)c1. The highest BCUT2D eigenvalue weighted by Crippen LogP contribution is 2.28. The normalized spacial score (nSPS) is 11.2. The van der Waals surface area contributed by atoms with Crippen LogP contribution in [0.3, 0.4) is 0 Å². The lowest BCUT2D eigenvalue weighted by Crippen LogP contribution is -2.22. The van der Waals surface area contributed by atoms with E-state index in [4.69, 9.17) is 4.74 Å². The molecule has 0 saturated heterocycles. The average Bonchev–Trinajstić information content (AvgIpc) is 2.40. The monoisotopic (exact) mass is 298 g/mol. The first-order valence-corrected chi connectivity index (χ1v) is 7.59. The van der Waals surface area contributed by atoms with Crippen LogP contribution in [0.1, 0.15) is 26.3 Å². The number of nitrogens with zero attached hydrogens (tertiary/aromatic N) is 1. The van der Waals surface area contributed by atoms with Crippen LogP contribution in [0.4, 0.5) is 17.1 Å². The van der Waals surface area contributed by atoms with Crippen LogP contribution in [0.2, 0.25) is 0 Å². The smallest absolute Gasteiger partial charge is 0.120 e. The zero-order chi connectivity index (χ0) is 16.3. The Kier molecular flexibility index (Phi) is 4.65. The standard InChI is InChI=1S/C19H26N2O/c1-14-12-17(22-19(2,3)4)10-11-18(14)20-15-8-7-9-16(13-15)21(5)6/h7-13,20H,1-6H3. The van der Waals surface area contributed by atoms with Crippen LogP contribution in [0, 0.1) is 6.92 Å². The molecule has 0 saturated carbocycles. The number of hydrogen-bond acceptors (Lipinski definition) is 3. The minimum absolute atomic E-state index is 0.179. The molecule has 0 heterocycles. The van der Waals surface area contributed by atoms with Crippen molar-refractivity contribution in [3.8, 4) is 5.75 Å². The fourth-order valence-corrected chi connectivity index (χ4v) is 2.21. The van der Waals surface area contributed by atoms with Crippen LogP contribution in [0.5, 0.6) is 5.75 Å². The summed E-state index contributed by atoms with van der Waals surface area (Å²) in [6.45, 7) is 8.26. The molecule has 2 rings (SSSR count). The van der Waals surface area contributed by atoms with Gasteiger partial charge < -0.3 is 15.0 Å². The topological polar surface area (TPSA) is 24.5 Å². The molecule has 0 aromatic heterocycles. The van der Waals surface area contributed by atoms with Crippen LogP contribution in [0.25, 0.3) is 0 Å². The molecule has 0 aliphatic carbocycles. The van der Waals surface area contributed by atoms with E-state index in [0.29, 0.717) is 0 Å². The fourth-order valence-electron chi connectivity index (χ4n) is 2.21. The van der Waals surface area contributed by atoms with E-state index in [2.05, 4.69) is 74.3 Å². The zero-order valence-electron chi connectivity index (χ0n) is 14.4. The number of nitrogens with one attached hydrogen (secondary N) is 1. The van der Waals surface area contributed by atoms with Gasteiger partial charge in [0.05, 0.1) is 0 Å². The molecule has 3 nitrogen and oxygen atoms in total. The maximum absolute atomic E-state index is 5.90. The summed E-state index contributed by atoms with van der Waals surface area (Å²) in [7, 11) is 4.09. The number of ether oxygens (including phenoxy) is 1. The first kappa shape index (κ1) is 16.2. The Morgan fingerprint density at radius 3 is 2.32 bits per heavy atom. The van der Waals surface area contributed by atoms with Crippen LogP contribution < -0.4 is 15.0 Å². The molecule has 0 radical (unpaired) electrons. The first-order chi connectivity index (χ1) is 10.2. The molecule has 118 valence electrons. The van der Waals surface area contributed by atoms with Gasteiger partial charge in [0.1, 0.15) is 11.4 Å². The van der Waals surface area contributed by atoms with Gasteiger partial charge in [0.15, 0.2) is 0 Å². The summed E-state index contributed by atoms with van der Waals surface area (Å²) in [6.07, 6.45) is 0. The second kappa shape index (κ2) is 6.30. The van der Waals surface area contributed by atoms with Crippen LogP contribution in [-0.2, 0) is 0 Å². The van der Waals surface area contributed by atoms with Gasteiger partial charge in [0.25, 0.3) is 0 Å². The molecule has 0 fully saturated rings.